The molecule has 0 N–H and O–H groups in total. The fourth-order valence-corrected chi connectivity index (χ4v) is 0.408. The van der Waals surface area contributed by atoms with Gasteiger partial charge in [0.2, 0.25) is 0 Å². The van der Waals surface area contributed by atoms with Crippen LogP contribution in [0.15, 0.2) is 11.5 Å². The van der Waals surface area contributed by atoms with Crippen molar-refractivity contribution in [2.75, 3.05) is 6.26 Å². The van der Waals surface area contributed by atoms with Crippen molar-refractivity contribution in [1.29, 1.82) is 0 Å². The molecule has 0 heterocycles. The summed E-state index contributed by atoms with van der Waals surface area (Å²) in [4.78, 5) is 0. The summed E-state index contributed by atoms with van der Waals surface area (Å²) in [6, 6.07) is 0. The first kappa shape index (κ1) is 5.09. The summed E-state index contributed by atoms with van der Waals surface area (Å²) < 4.78 is 0. The molecule has 0 fully saturated rings. The Morgan fingerprint density at radius 3 is 2.20 bits per heavy atom. The lowest BCUT2D eigenvalue weighted by atomic mass is 10.8. The van der Waals surface area contributed by atoms with Gasteiger partial charge in [-0.05, 0) is 18.6 Å². The van der Waals surface area contributed by atoms with Crippen molar-refractivity contribution in [3.8, 4) is 0 Å². The van der Waals surface area contributed by atoms with Gasteiger partial charge in [0.1, 0.15) is 0 Å². The Balaban J connectivity index is 2.62. The Kier molecular flexibility index (Phi) is 4.16. The maximum Gasteiger partial charge on any atom is -0.0142 e. The maximum absolute atomic E-state index is 2.04. The minimum absolute atomic E-state index is 1.72. The third kappa shape index (κ3) is 4.09. The molecule has 0 aliphatic carbocycles. The third-order valence-corrected chi connectivity index (χ3v) is 0.816. The molecule has 0 aliphatic heterocycles. The first-order chi connectivity index (χ1) is 2.41. The van der Waals surface area contributed by atoms with Crippen LogP contribution in [0.25, 0.3) is 0 Å². The highest BCUT2D eigenvalue weighted by Gasteiger charge is 1.51. The van der Waals surface area contributed by atoms with E-state index in [1.54, 1.807) is 11.8 Å². The number of allylic oxidation sites excluding steroid dienone is 1. The Labute approximate surface area is 37.3 Å². The minimum Gasteiger partial charge on any atom is -0.138 e. The first-order valence-electron chi connectivity index (χ1n) is 1.55. The van der Waals surface area contributed by atoms with Crippen LogP contribution >= 0.6 is 11.8 Å². The van der Waals surface area contributed by atoms with Gasteiger partial charge in [0, 0.05) is 0 Å². The number of hydrogen-bond donors (Lipinski definition) is 0. The zero-order valence-corrected chi connectivity index (χ0v) is 4.38. The third-order valence-electron chi connectivity index (χ3n) is 0.272. The molecule has 5 heavy (non-hydrogen) atoms. The molecular formula is C4H8S. The van der Waals surface area contributed by atoms with Crippen molar-refractivity contribution in [1.82, 2.24) is 0 Å². The lowest BCUT2D eigenvalue weighted by Gasteiger charge is -1.66. The van der Waals surface area contributed by atoms with Crippen LogP contribution in [0.5, 0.6) is 0 Å². The molecule has 0 saturated carbocycles. The van der Waals surface area contributed by atoms with E-state index in [2.05, 4.69) is 0 Å². The molecule has 0 aromatic heterocycles. The average Bonchev–Trinajstić information content (AvgIpc) is 1.41. The monoisotopic (exact) mass is 88.0 g/mol. The quantitative estimate of drug-likeness (QED) is 0.471. The van der Waals surface area contributed by atoms with Crippen LogP contribution in [0.4, 0.5) is 0 Å². The Hall–Kier alpha value is 0.0900. The molecule has 0 bridgehead atoms. The van der Waals surface area contributed by atoms with E-state index in [4.69, 9.17) is 0 Å². The molecule has 0 aromatic carbocycles. The second-order valence-electron chi connectivity index (χ2n) is 0.705. The summed E-state index contributed by atoms with van der Waals surface area (Å²) in [7, 11) is 0. The zero-order valence-electron chi connectivity index (χ0n) is 3.56. The van der Waals surface area contributed by atoms with Crippen LogP contribution in [-0.2, 0) is 0 Å². The minimum atomic E-state index is 1.72. The predicted octanol–water partition coefficient (Wildman–Crippen LogP) is 1.88. The van der Waals surface area contributed by atoms with E-state index in [0.717, 1.165) is 0 Å². The van der Waals surface area contributed by atoms with E-state index >= 15 is 0 Å². The second-order valence-corrected chi connectivity index (χ2v) is 1.45. The van der Waals surface area contributed by atoms with E-state index in [9.17, 15) is 0 Å². The van der Waals surface area contributed by atoms with Gasteiger partial charge >= 0.3 is 0 Å². The van der Waals surface area contributed by atoms with Gasteiger partial charge in [-0.15, -0.1) is 11.8 Å². The van der Waals surface area contributed by atoms with E-state index in [1.807, 2.05) is 24.7 Å². The molecule has 1 heteroatoms. The highest BCUT2D eigenvalue weighted by molar-refractivity contribution is 8.01. The van der Waals surface area contributed by atoms with Gasteiger partial charge in [-0.3, -0.25) is 0 Å². The van der Waals surface area contributed by atoms with Gasteiger partial charge in [-0.1, -0.05) is 6.08 Å². The molecule has 0 radical (unpaired) electrons. The Morgan fingerprint density at radius 2 is 2.20 bits per heavy atom. The zero-order chi connectivity index (χ0) is 4.12. The van der Waals surface area contributed by atoms with Crippen LogP contribution in [-0.4, -0.2) is 6.26 Å². The van der Waals surface area contributed by atoms with Gasteiger partial charge in [-0.2, -0.15) is 0 Å². The highest BCUT2D eigenvalue weighted by atomic mass is 32.2. The highest BCUT2D eigenvalue weighted by Crippen LogP contribution is 1.89. The van der Waals surface area contributed by atoms with Crippen molar-refractivity contribution in [2.24, 2.45) is 0 Å². The molecule has 0 rings (SSSR count). The topological polar surface area (TPSA) is 0 Å². The Morgan fingerprint density at radius 1 is 1.60 bits per heavy atom. The lowest BCUT2D eigenvalue weighted by Crippen LogP contribution is -1.34. The number of thioether (sulfide) groups is 1. The lowest BCUT2D eigenvalue weighted by molar-refractivity contribution is 1.79. The molecule has 0 nitrogen and oxygen atoms in total. The van der Waals surface area contributed by atoms with E-state index in [0.29, 0.717) is 0 Å². The largest absolute Gasteiger partial charge is 0.138 e. The molecule has 0 unspecified atom stereocenters. The average molecular weight is 88.2 g/mol. The summed E-state index contributed by atoms with van der Waals surface area (Å²) in [5, 5.41) is 2.04. The van der Waals surface area contributed by atoms with Crippen molar-refractivity contribution >= 4 is 11.8 Å². The molecule has 0 atom stereocenters. The van der Waals surface area contributed by atoms with Crippen LogP contribution in [0.2, 0.25) is 0 Å². The summed E-state index contributed by atoms with van der Waals surface area (Å²) in [6.45, 7) is 2.01. The number of rotatable bonds is 1. The fraction of sp³-hybridized carbons (Fsp3) is 0.500. The summed E-state index contributed by atoms with van der Waals surface area (Å²) in [6.07, 6.45) is 4.06. The standard InChI is InChI=1S/C4H8S/c1-3-4-5-2/h3-4H,1-2H3. The molecular weight excluding hydrogens is 80.1 g/mol. The van der Waals surface area contributed by atoms with Crippen LogP contribution < -0.4 is 0 Å². The molecule has 0 spiro atoms. The van der Waals surface area contributed by atoms with E-state index in [-0.39, 0.29) is 0 Å². The van der Waals surface area contributed by atoms with Crippen LogP contribution in [0.3, 0.4) is 0 Å². The van der Waals surface area contributed by atoms with Crippen molar-refractivity contribution in [3.63, 3.8) is 0 Å². The molecule has 0 amide bonds. The van der Waals surface area contributed by atoms with Crippen molar-refractivity contribution in [2.45, 2.75) is 6.92 Å². The van der Waals surface area contributed by atoms with Crippen molar-refractivity contribution in [3.05, 3.63) is 11.5 Å². The van der Waals surface area contributed by atoms with Crippen LogP contribution in [0, 0.1) is 0 Å². The van der Waals surface area contributed by atoms with Gasteiger partial charge in [0.15, 0.2) is 0 Å². The van der Waals surface area contributed by atoms with Crippen molar-refractivity contribution < 1.29 is 0 Å². The van der Waals surface area contributed by atoms with Gasteiger partial charge < -0.3 is 0 Å². The van der Waals surface area contributed by atoms with Crippen LogP contribution in [0.1, 0.15) is 6.92 Å². The maximum atomic E-state index is 2.04. The SMILES string of the molecule is CC=CSC. The van der Waals surface area contributed by atoms with Gasteiger partial charge in [0.05, 0.1) is 0 Å². The summed E-state index contributed by atoms with van der Waals surface area (Å²) in [5.41, 5.74) is 0. The molecule has 0 saturated heterocycles. The molecule has 0 aliphatic rings. The van der Waals surface area contributed by atoms with E-state index in [1.165, 1.54) is 0 Å². The second kappa shape index (κ2) is 4.09. The normalized spacial score (nSPS) is 10.0. The van der Waals surface area contributed by atoms with Gasteiger partial charge in [-0.25, -0.2) is 0 Å². The Bertz CT molecular complexity index is 30.6. The first-order valence-corrected chi connectivity index (χ1v) is 2.84. The summed E-state index contributed by atoms with van der Waals surface area (Å²) in [5.74, 6) is 0. The number of hydrogen-bond acceptors (Lipinski definition) is 1. The smallest absolute Gasteiger partial charge is 0.0142 e. The fourth-order valence-electron chi connectivity index (χ4n) is 0.136. The molecule has 30 valence electrons. The molecule has 0 aromatic rings. The summed E-state index contributed by atoms with van der Waals surface area (Å²) >= 11 is 1.72. The van der Waals surface area contributed by atoms with Gasteiger partial charge in [0.25, 0.3) is 0 Å². The van der Waals surface area contributed by atoms with E-state index < -0.39 is 0 Å². The predicted molar refractivity (Wildman–Crippen MR) is 28.3 cm³/mol.